The number of carbonyl (C=O) groups is 1. The van der Waals surface area contributed by atoms with E-state index in [0.717, 1.165) is 30.2 Å². The molecule has 0 unspecified atom stereocenters. The van der Waals surface area contributed by atoms with E-state index in [1.807, 2.05) is 0 Å². The van der Waals surface area contributed by atoms with Crippen molar-refractivity contribution in [2.24, 2.45) is 5.73 Å². The molecule has 0 atom stereocenters. The predicted molar refractivity (Wildman–Crippen MR) is 90.1 cm³/mol. The third-order valence-electron chi connectivity index (χ3n) is 3.97. The molecular weight excluding hydrogens is 372 g/mol. The first-order valence-electron chi connectivity index (χ1n) is 7.29. The van der Waals surface area contributed by atoms with E-state index in [9.17, 15) is 4.79 Å². The lowest BCUT2D eigenvalue weighted by molar-refractivity contribution is 0.0924. The quantitative estimate of drug-likeness (QED) is 0.813. The maximum Gasteiger partial charge on any atom is 0.251 e. The number of nitrogens with one attached hydrogen (secondary N) is 1. The summed E-state index contributed by atoms with van der Waals surface area (Å²) in [7, 11) is 0. The van der Waals surface area contributed by atoms with E-state index in [-0.39, 0.29) is 30.4 Å². The van der Waals surface area contributed by atoms with Crippen molar-refractivity contribution in [2.45, 2.75) is 37.8 Å². The van der Waals surface area contributed by atoms with Crippen molar-refractivity contribution in [3.05, 3.63) is 22.2 Å². The second-order valence-electron chi connectivity index (χ2n) is 5.57. The molecule has 5 nitrogen and oxygen atoms in total. The van der Waals surface area contributed by atoms with E-state index in [1.54, 1.807) is 12.1 Å². The Morgan fingerprint density at radius 1 is 1.18 bits per heavy atom. The zero-order valence-electron chi connectivity index (χ0n) is 12.1. The zero-order valence-corrected chi connectivity index (χ0v) is 14.5. The Hall–Kier alpha value is -0.980. The van der Waals surface area contributed by atoms with Crippen molar-refractivity contribution in [3.8, 4) is 11.5 Å². The summed E-state index contributed by atoms with van der Waals surface area (Å²) in [5.74, 6) is 1.21. The molecule has 22 heavy (non-hydrogen) atoms. The predicted octanol–water partition coefficient (Wildman–Crippen LogP) is 2.64. The van der Waals surface area contributed by atoms with Crippen LogP contribution in [0.2, 0.25) is 0 Å². The number of halogens is 2. The summed E-state index contributed by atoms with van der Waals surface area (Å²) in [5.41, 5.74) is 6.47. The van der Waals surface area contributed by atoms with Crippen molar-refractivity contribution < 1.29 is 14.3 Å². The van der Waals surface area contributed by atoms with Gasteiger partial charge in [0, 0.05) is 17.6 Å². The van der Waals surface area contributed by atoms with Gasteiger partial charge in [0.2, 0.25) is 0 Å². The third kappa shape index (κ3) is 3.86. The fraction of sp³-hybridized carbons (Fsp3) is 0.533. The Balaban J connectivity index is 0.00000176. The second kappa shape index (κ2) is 7.53. The third-order valence-corrected chi connectivity index (χ3v) is 4.56. The number of carbonyl (C=O) groups excluding carboxylic acids is 1. The summed E-state index contributed by atoms with van der Waals surface area (Å²) in [6.07, 6.45) is 3.82. The summed E-state index contributed by atoms with van der Waals surface area (Å²) in [5, 5.41) is 3.08. The van der Waals surface area contributed by atoms with Gasteiger partial charge in [0.25, 0.3) is 5.91 Å². The average Bonchev–Trinajstić information content (AvgIpc) is 2.49. The highest BCUT2D eigenvalue weighted by Gasteiger charge is 2.23. The molecule has 0 bridgehead atoms. The molecule has 1 aromatic carbocycles. The molecule has 0 saturated heterocycles. The van der Waals surface area contributed by atoms with Gasteiger partial charge in [-0.05, 0) is 53.7 Å². The van der Waals surface area contributed by atoms with Crippen LogP contribution in [0.25, 0.3) is 0 Å². The van der Waals surface area contributed by atoms with Crippen LogP contribution in [0.5, 0.6) is 11.5 Å². The van der Waals surface area contributed by atoms with E-state index in [0.29, 0.717) is 30.3 Å². The van der Waals surface area contributed by atoms with E-state index in [2.05, 4.69) is 21.2 Å². The van der Waals surface area contributed by atoms with Crippen LogP contribution >= 0.6 is 28.3 Å². The molecule has 3 N–H and O–H groups in total. The first-order valence-corrected chi connectivity index (χ1v) is 8.08. The Kier molecular flexibility index (Phi) is 5.94. The van der Waals surface area contributed by atoms with Crippen LogP contribution in [0.3, 0.4) is 0 Å². The number of hydrogen-bond donors (Lipinski definition) is 2. The van der Waals surface area contributed by atoms with Gasteiger partial charge in [-0.1, -0.05) is 0 Å². The van der Waals surface area contributed by atoms with Crippen LogP contribution in [0.4, 0.5) is 0 Å². The largest absolute Gasteiger partial charge is 0.486 e. The van der Waals surface area contributed by atoms with Gasteiger partial charge < -0.3 is 20.5 Å². The molecule has 1 aromatic rings. The highest BCUT2D eigenvalue weighted by molar-refractivity contribution is 9.10. The SMILES string of the molecule is Cl.NC1CCC(NC(=O)c2cc(Br)c3c(c2)OCCO3)CC1. The summed E-state index contributed by atoms with van der Waals surface area (Å²) < 4.78 is 11.8. The lowest BCUT2D eigenvalue weighted by atomic mass is 9.91. The van der Waals surface area contributed by atoms with Crippen molar-refractivity contribution in [2.75, 3.05) is 13.2 Å². The van der Waals surface area contributed by atoms with E-state index >= 15 is 0 Å². The van der Waals surface area contributed by atoms with Gasteiger partial charge in [-0.15, -0.1) is 12.4 Å². The molecule has 1 amide bonds. The monoisotopic (exact) mass is 390 g/mol. The minimum atomic E-state index is -0.0758. The summed E-state index contributed by atoms with van der Waals surface area (Å²) in [4.78, 5) is 12.4. The molecule has 0 radical (unpaired) electrons. The van der Waals surface area contributed by atoms with Crippen molar-refractivity contribution in [1.29, 1.82) is 0 Å². The van der Waals surface area contributed by atoms with Crippen molar-refractivity contribution in [1.82, 2.24) is 5.32 Å². The standard InChI is InChI=1S/C15H19BrN2O3.ClH/c16-12-7-9(8-13-14(12)21-6-5-20-13)15(19)18-11-3-1-10(17)2-4-11;/h7-8,10-11H,1-6,17H2,(H,18,19);1H. The molecule has 122 valence electrons. The van der Waals surface area contributed by atoms with Crippen LogP contribution < -0.4 is 20.5 Å². The summed E-state index contributed by atoms with van der Waals surface area (Å²) >= 11 is 3.43. The number of benzene rings is 1. The van der Waals surface area contributed by atoms with Gasteiger partial charge in [0.05, 0.1) is 4.47 Å². The van der Waals surface area contributed by atoms with Crippen LogP contribution in [0, 0.1) is 0 Å². The molecule has 1 saturated carbocycles. The molecule has 1 fully saturated rings. The fourth-order valence-electron chi connectivity index (χ4n) is 2.77. The average molecular weight is 392 g/mol. The maximum atomic E-state index is 12.4. The van der Waals surface area contributed by atoms with Crippen LogP contribution in [-0.4, -0.2) is 31.2 Å². The molecule has 1 aliphatic carbocycles. The van der Waals surface area contributed by atoms with Gasteiger partial charge in [-0.25, -0.2) is 0 Å². The van der Waals surface area contributed by atoms with E-state index < -0.39 is 0 Å². The summed E-state index contributed by atoms with van der Waals surface area (Å²) in [6, 6.07) is 4.01. The molecule has 0 spiro atoms. The minimum Gasteiger partial charge on any atom is -0.486 e. The second-order valence-corrected chi connectivity index (χ2v) is 6.42. The number of hydrogen-bond acceptors (Lipinski definition) is 4. The smallest absolute Gasteiger partial charge is 0.251 e. The number of ether oxygens (including phenoxy) is 2. The highest BCUT2D eigenvalue weighted by Crippen LogP contribution is 2.38. The molecule has 7 heteroatoms. The minimum absolute atomic E-state index is 0. The van der Waals surface area contributed by atoms with Gasteiger partial charge in [-0.3, -0.25) is 4.79 Å². The van der Waals surface area contributed by atoms with Crippen molar-refractivity contribution >= 4 is 34.2 Å². The lowest BCUT2D eigenvalue weighted by Gasteiger charge is -2.27. The fourth-order valence-corrected chi connectivity index (χ4v) is 3.33. The van der Waals surface area contributed by atoms with Crippen LogP contribution in [-0.2, 0) is 0 Å². The van der Waals surface area contributed by atoms with Crippen molar-refractivity contribution in [3.63, 3.8) is 0 Å². The van der Waals surface area contributed by atoms with E-state index in [1.165, 1.54) is 0 Å². The number of amides is 1. The molecule has 3 rings (SSSR count). The topological polar surface area (TPSA) is 73.6 Å². The zero-order chi connectivity index (χ0) is 14.8. The number of rotatable bonds is 2. The molecule has 1 aliphatic heterocycles. The Bertz CT molecular complexity index is 548. The summed E-state index contributed by atoms with van der Waals surface area (Å²) in [6.45, 7) is 1.03. The van der Waals surface area contributed by atoms with Crippen LogP contribution in [0.1, 0.15) is 36.0 Å². The lowest BCUT2D eigenvalue weighted by Crippen LogP contribution is -2.40. The molecule has 2 aliphatic rings. The normalized spacial score (nSPS) is 23.4. The Labute approximate surface area is 144 Å². The Morgan fingerprint density at radius 2 is 1.86 bits per heavy atom. The molecule has 0 aromatic heterocycles. The molecule has 1 heterocycles. The van der Waals surface area contributed by atoms with Gasteiger partial charge in [0.15, 0.2) is 11.5 Å². The van der Waals surface area contributed by atoms with Gasteiger partial charge >= 0.3 is 0 Å². The van der Waals surface area contributed by atoms with Gasteiger partial charge in [-0.2, -0.15) is 0 Å². The molecular formula is C15H20BrClN2O3. The number of nitrogens with two attached hydrogens (primary N) is 1. The maximum absolute atomic E-state index is 12.4. The first kappa shape index (κ1) is 17.4. The van der Waals surface area contributed by atoms with Crippen LogP contribution in [0.15, 0.2) is 16.6 Å². The van der Waals surface area contributed by atoms with E-state index in [4.69, 9.17) is 15.2 Å². The van der Waals surface area contributed by atoms with Gasteiger partial charge in [0.1, 0.15) is 13.2 Å². The highest BCUT2D eigenvalue weighted by atomic mass is 79.9. The Morgan fingerprint density at radius 3 is 2.59 bits per heavy atom. The first-order chi connectivity index (χ1) is 10.1. The number of fused-ring (bicyclic) bond motifs is 1.